The van der Waals surface area contributed by atoms with Crippen LogP contribution in [0.4, 0.5) is 0 Å². The number of likely N-dealkylation sites (N-methyl/N-ethyl adjacent to an activating group) is 1. The van der Waals surface area contributed by atoms with Crippen LogP contribution in [0.2, 0.25) is 0 Å². The molecule has 3 N–H and O–H groups in total. The molecular formula is C23H35NO7. The second-order valence-corrected chi connectivity index (χ2v) is 11.0. The third kappa shape index (κ3) is 1.82. The summed E-state index contributed by atoms with van der Waals surface area (Å²) in [5.41, 5.74) is -5.02. The number of ether oxygens (including phenoxy) is 3. The van der Waals surface area contributed by atoms with Crippen LogP contribution in [0.3, 0.4) is 0 Å². The highest BCUT2D eigenvalue weighted by atomic mass is 16.5. The summed E-state index contributed by atoms with van der Waals surface area (Å²) in [5, 5.41) is 36.6. The van der Waals surface area contributed by atoms with Crippen LogP contribution in [0, 0.1) is 29.1 Å². The van der Waals surface area contributed by atoms with Gasteiger partial charge in [-0.05, 0) is 32.6 Å². The Morgan fingerprint density at radius 1 is 1.06 bits per heavy atom. The molecule has 12 atom stereocenters. The van der Waals surface area contributed by atoms with E-state index in [0.717, 1.165) is 0 Å². The number of fused-ring (bicyclic) bond motifs is 2. The van der Waals surface area contributed by atoms with E-state index in [1.54, 1.807) is 26.2 Å². The Bertz CT molecular complexity index is 824. The van der Waals surface area contributed by atoms with Crippen LogP contribution in [0.25, 0.3) is 0 Å². The SMILES string of the molecule is CCN1C(=O)[C@]2(O)CC[C@H](OC)[C@@]34[C@H]2C[C@@H]([C@@H]13)[C@@]1(O)C[C@H](OC)[C@H]2C[C@@H]4[C@]1(O)[C@H]2OC. The van der Waals surface area contributed by atoms with E-state index >= 15 is 0 Å². The fraction of sp³-hybridized carbons (Fsp3) is 0.957. The normalized spacial score (nSPS) is 61.1. The molecule has 174 valence electrons. The van der Waals surface area contributed by atoms with Crippen molar-refractivity contribution in [2.24, 2.45) is 29.1 Å². The highest BCUT2D eigenvalue weighted by Crippen LogP contribution is 2.79. The van der Waals surface area contributed by atoms with Gasteiger partial charge in [0.25, 0.3) is 5.91 Å². The first kappa shape index (κ1) is 20.8. The Labute approximate surface area is 182 Å². The Balaban J connectivity index is 1.65. The van der Waals surface area contributed by atoms with Crippen LogP contribution in [0.1, 0.15) is 39.0 Å². The van der Waals surface area contributed by atoms with Crippen molar-refractivity contribution in [1.29, 1.82) is 0 Å². The lowest BCUT2D eigenvalue weighted by Crippen LogP contribution is -2.83. The van der Waals surface area contributed by atoms with Gasteiger partial charge < -0.3 is 34.4 Å². The predicted molar refractivity (Wildman–Crippen MR) is 108 cm³/mol. The van der Waals surface area contributed by atoms with Crippen molar-refractivity contribution in [2.45, 2.75) is 80.2 Å². The molecule has 1 aliphatic heterocycles. The van der Waals surface area contributed by atoms with Crippen LogP contribution in [0.15, 0.2) is 0 Å². The Hall–Kier alpha value is -0.770. The Morgan fingerprint density at radius 3 is 2.42 bits per heavy atom. The second kappa shape index (κ2) is 6.02. The van der Waals surface area contributed by atoms with Crippen molar-refractivity contribution in [2.75, 3.05) is 27.9 Å². The third-order valence-electron chi connectivity index (χ3n) is 10.8. The largest absolute Gasteiger partial charge is 0.386 e. The van der Waals surface area contributed by atoms with Crippen molar-refractivity contribution < 1.29 is 34.3 Å². The molecule has 0 aromatic heterocycles. The topological polar surface area (TPSA) is 109 Å². The first-order valence-electron chi connectivity index (χ1n) is 11.8. The van der Waals surface area contributed by atoms with Crippen molar-refractivity contribution >= 4 is 5.91 Å². The van der Waals surface area contributed by atoms with Gasteiger partial charge in [-0.3, -0.25) is 4.79 Å². The van der Waals surface area contributed by atoms with E-state index < -0.39 is 28.3 Å². The summed E-state index contributed by atoms with van der Waals surface area (Å²) in [6.07, 6.45) is 1.36. The number of aliphatic hydroxyl groups is 3. The van der Waals surface area contributed by atoms with Gasteiger partial charge in [-0.2, -0.15) is 0 Å². The van der Waals surface area contributed by atoms with Crippen LogP contribution < -0.4 is 0 Å². The smallest absolute Gasteiger partial charge is 0.255 e. The van der Waals surface area contributed by atoms with E-state index in [4.69, 9.17) is 14.2 Å². The lowest BCUT2D eigenvalue weighted by molar-refractivity contribution is -0.331. The molecule has 6 rings (SSSR count). The van der Waals surface area contributed by atoms with Crippen molar-refractivity contribution in [3.63, 3.8) is 0 Å². The number of rotatable bonds is 4. The monoisotopic (exact) mass is 437 g/mol. The minimum atomic E-state index is -1.47. The van der Waals surface area contributed by atoms with E-state index in [2.05, 4.69) is 0 Å². The van der Waals surface area contributed by atoms with Gasteiger partial charge >= 0.3 is 0 Å². The van der Waals surface area contributed by atoms with Gasteiger partial charge in [0, 0.05) is 69.4 Å². The number of carbonyl (C=O) groups excluding carboxylic acids is 1. The molecule has 6 fully saturated rings. The van der Waals surface area contributed by atoms with Crippen LogP contribution >= 0.6 is 0 Å². The van der Waals surface area contributed by atoms with Crippen molar-refractivity contribution in [1.82, 2.24) is 4.90 Å². The number of carbonyl (C=O) groups is 1. The molecule has 8 heteroatoms. The average Bonchev–Trinajstić information content (AvgIpc) is 3.20. The van der Waals surface area contributed by atoms with E-state index in [1.165, 1.54) is 0 Å². The molecule has 0 aromatic carbocycles. The van der Waals surface area contributed by atoms with E-state index in [-0.39, 0.29) is 47.8 Å². The first-order valence-corrected chi connectivity index (χ1v) is 11.8. The molecule has 0 radical (unpaired) electrons. The highest BCUT2D eigenvalue weighted by molar-refractivity contribution is 5.88. The zero-order chi connectivity index (χ0) is 22.1. The van der Waals surface area contributed by atoms with Gasteiger partial charge in [0.05, 0.1) is 18.3 Å². The quantitative estimate of drug-likeness (QED) is 0.565. The molecule has 7 bridgehead atoms. The van der Waals surface area contributed by atoms with Crippen molar-refractivity contribution in [3.8, 4) is 0 Å². The van der Waals surface area contributed by atoms with Gasteiger partial charge in [0.1, 0.15) is 16.8 Å². The Morgan fingerprint density at radius 2 is 1.81 bits per heavy atom. The molecule has 1 heterocycles. The lowest BCUT2D eigenvalue weighted by Gasteiger charge is -2.69. The molecule has 0 aromatic rings. The number of hydrogen-bond donors (Lipinski definition) is 3. The van der Waals surface area contributed by atoms with E-state index in [9.17, 15) is 20.1 Å². The molecule has 1 saturated heterocycles. The molecule has 8 nitrogen and oxygen atoms in total. The van der Waals surface area contributed by atoms with Crippen LogP contribution in [-0.4, -0.2) is 95.2 Å². The molecule has 1 amide bonds. The maximum atomic E-state index is 13.5. The van der Waals surface area contributed by atoms with Crippen LogP contribution in [0.5, 0.6) is 0 Å². The molecule has 1 spiro atoms. The summed E-state index contributed by atoms with van der Waals surface area (Å²) in [5.74, 6) is -1.34. The zero-order valence-electron chi connectivity index (χ0n) is 18.8. The fourth-order valence-electron chi connectivity index (χ4n) is 10.1. The summed E-state index contributed by atoms with van der Waals surface area (Å²) in [7, 11) is 4.95. The number of hydrogen-bond acceptors (Lipinski definition) is 7. The predicted octanol–water partition coefficient (Wildman–Crippen LogP) is -0.0749. The zero-order valence-corrected chi connectivity index (χ0v) is 18.8. The van der Waals surface area contributed by atoms with Gasteiger partial charge in [0.2, 0.25) is 0 Å². The molecule has 6 aliphatic rings. The maximum Gasteiger partial charge on any atom is 0.255 e. The van der Waals surface area contributed by atoms with E-state index in [0.29, 0.717) is 38.6 Å². The number of nitrogens with zero attached hydrogens (tertiary/aromatic N) is 1. The lowest BCUT2D eigenvalue weighted by atomic mass is 9.43. The van der Waals surface area contributed by atoms with Gasteiger partial charge in [-0.25, -0.2) is 0 Å². The molecule has 5 aliphatic carbocycles. The van der Waals surface area contributed by atoms with Crippen LogP contribution in [-0.2, 0) is 19.0 Å². The van der Waals surface area contributed by atoms with Gasteiger partial charge in [0.15, 0.2) is 0 Å². The summed E-state index contributed by atoms with van der Waals surface area (Å²) in [4.78, 5) is 15.3. The molecular weight excluding hydrogens is 402 g/mol. The third-order valence-corrected chi connectivity index (χ3v) is 10.8. The average molecular weight is 438 g/mol. The maximum absolute atomic E-state index is 13.5. The molecule has 5 saturated carbocycles. The standard InChI is InChI=1S/C23H35NO7/c1-5-24-17-12-9-14-20(26,19(24)25)7-6-16(30-3)22(14,17)15-8-11-13(29-2)10-21(12,27)23(15,28)18(11)31-4/h11-18,26-28H,5-10H2,1-4H3/t11-,12+,13+,14+,15+,16+,17-,18+,20+,21+,22+,23+/m1/s1. The second-order valence-electron chi connectivity index (χ2n) is 11.0. The molecule has 31 heavy (non-hydrogen) atoms. The van der Waals surface area contributed by atoms with Gasteiger partial charge in [-0.15, -0.1) is 0 Å². The van der Waals surface area contributed by atoms with Crippen molar-refractivity contribution in [3.05, 3.63) is 0 Å². The van der Waals surface area contributed by atoms with E-state index in [1.807, 2.05) is 6.92 Å². The Kier molecular flexibility index (Phi) is 4.04. The first-order chi connectivity index (χ1) is 14.7. The summed E-state index contributed by atoms with van der Waals surface area (Å²) < 4.78 is 17.8. The summed E-state index contributed by atoms with van der Waals surface area (Å²) in [6.45, 7) is 2.39. The minimum absolute atomic E-state index is 0.0574. The number of likely N-dealkylation sites (tertiary alicyclic amines) is 1. The minimum Gasteiger partial charge on any atom is -0.386 e. The number of methoxy groups -OCH3 is 3. The summed E-state index contributed by atoms with van der Waals surface area (Å²) in [6, 6.07) is -0.275. The highest BCUT2D eigenvalue weighted by Gasteiger charge is 2.89. The van der Waals surface area contributed by atoms with Gasteiger partial charge in [-0.1, -0.05) is 0 Å². The number of piperidine rings is 1. The summed E-state index contributed by atoms with van der Waals surface area (Å²) >= 11 is 0. The fourth-order valence-corrected chi connectivity index (χ4v) is 10.1. The molecule has 0 unspecified atom stereocenters. The number of amides is 1.